The lowest BCUT2D eigenvalue weighted by Gasteiger charge is -2.32. The number of amides is 1. The van der Waals surface area contributed by atoms with Crippen LogP contribution < -0.4 is 5.84 Å². The molecular weight excluding hydrogens is 190 g/mol. The number of carbonyl (C=O) groups excluding carboxylic acids is 1. The molecule has 0 radical (unpaired) electrons. The number of benzene rings is 1. The van der Waals surface area contributed by atoms with Crippen LogP contribution in [0.4, 0.5) is 0 Å². The zero-order chi connectivity index (χ0) is 10.7. The Kier molecular flexibility index (Phi) is 2.99. The van der Waals surface area contributed by atoms with E-state index < -0.39 is 0 Å². The molecule has 1 aliphatic heterocycles. The fraction of sp³-hybridized carbons (Fsp3) is 0.364. The van der Waals surface area contributed by atoms with E-state index in [1.165, 1.54) is 0 Å². The first-order chi connectivity index (χ1) is 7.27. The summed E-state index contributed by atoms with van der Waals surface area (Å²) in [6.07, 6.45) is 0. The van der Waals surface area contributed by atoms with Crippen molar-refractivity contribution in [2.45, 2.75) is 0 Å². The summed E-state index contributed by atoms with van der Waals surface area (Å²) in [5, 5.41) is 1.74. The summed E-state index contributed by atoms with van der Waals surface area (Å²) < 4.78 is 0. The molecule has 0 aliphatic carbocycles. The maximum atomic E-state index is 12.0. The van der Waals surface area contributed by atoms with Crippen molar-refractivity contribution >= 4 is 5.91 Å². The molecule has 15 heavy (non-hydrogen) atoms. The van der Waals surface area contributed by atoms with E-state index in [1.807, 2.05) is 35.2 Å². The van der Waals surface area contributed by atoms with Crippen LogP contribution in [0.2, 0.25) is 0 Å². The lowest BCUT2D eigenvalue weighted by Crippen LogP contribution is -2.51. The van der Waals surface area contributed by atoms with Gasteiger partial charge in [-0.2, -0.15) is 0 Å². The number of hydrogen-bond acceptors (Lipinski definition) is 3. The van der Waals surface area contributed by atoms with Gasteiger partial charge in [0.2, 0.25) is 0 Å². The molecule has 0 saturated carbocycles. The highest BCUT2D eigenvalue weighted by Gasteiger charge is 2.19. The topological polar surface area (TPSA) is 49.6 Å². The summed E-state index contributed by atoms with van der Waals surface area (Å²) in [5.74, 6) is 5.73. The summed E-state index contributed by atoms with van der Waals surface area (Å²) in [7, 11) is 0. The Labute approximate surface area is 89.2 Å². The van der Waals surface area contributed by atoms with Crippen molar-refractivity contribution in [3.8, 4) is 0 Å². The molecule has 2 rings (SSSR count). The van der Waals surface area contributed by atoms with Gasteiger partial charge in [0.1, 0.15) is 0 Å². The van der Waals surface area contributed by atoms with Gasteiger partial charge >= 0.3 is 0 Å². The third-order valence-electron chi connectivity index (χ3n) is 2.62. The van der Waals surface area contributed by atoms with Gasteiger partial charge in [-0.15, -0.1) is 0 Å². The molecule has 4 heteroatoms. The van der Waals surface area contributed by atoms with Gasteiger partial charge in [-0.3, -0.25) is 10.6 Å². The van der Waals surface area contributed by atoms with Crippen LogP contribution in [0.3, 0.4) is 0 Å². The van der Waals surface area contributed by atoms with E-state index in [9.17, 15) is 4.79 Å². The summed E-state index contributed by atoms with van der Waals surface area (Å²) in [4.78, 5) is 13.8. The first-order valence-corrected chi connectivity index (χ1v) is 5.11. The number of piperazine rings is 1. The second-order valence-corrected chi connectivity index (χ2v) is 3.69. The van der Waals surface area contributed by atoms with Crippen LogP contribution in [-0.4, -0.2) is 42.0 Å². The minimum Gasteiger partial charge on any atom is -0.336 e. The van der Waals surface area contributed by atoms with Crippen molar-refractivity contribution in [1.29, 1.82) is 0 Å². The van der Waals surface area contributed by atoms with Crippen molar-refractivity contribution < 1.29 is 4.79 Å². The molecule has 1 amide bonds. The zero-order valence-corrected chi connectivity index (χ0v) is 8.60. The highest BCUT2D eigenvalue weighted by atomic mass is 16.2. The molecule has 80 valence electrons. The van der Waals surface area contributed by atoms with Gasteiger partial charge in [0.15, 0.2) is 0 Å². The second-order valence-electron chi connectivity index (χ2n) is 3.69. The van der Waals surface area contributed by atoms with Gasteiger partial charge in [-0.25, -0.2) is 5.01 Å². The zero-order valence-electron chi connectivity index (χ0n) is 8.60. The van der Waals surface area contributed by atoms with Crippen LogP contribution in [-0.2, 0) is 0 Å². The maximum Gasteiger partial charge on any atom is 0.253 e. The Balaban J connectivity index is 2.03. The van der Waals surface area contributed by atoms with E-state index in [0.717, 1.165) is 18.7 Å². The smallest absolute Gasteiger partial charge is 0.253 e. The molecule has 0 unspecified atom stereocenters. The number of nitrogens with zero attached hydrogens (tertiary/aromatic N) is 2. The SMILES string of the molecule is NN1CCN(C(=O)c2ccccc2)CC1. The Hall–Kier alpha value is -1.39. The molecular formula is C11H15N3O. The molecule has 0 atom stereocenters. The van der Waals surface area contributed by atoms with Crippen molar-refractivity contribution in [1.82, 2.24) is 9.91 Å². The van der Waals surface area contributed by atoms with Crippen molar-refractivity contribution in [3.05, 3.63) is 35.9 Å². The number of hydrazine groups is 1. The molecule has 0 aromatic heterocycles. The number of rotatable bonds is 1. The fourth-order valence-electron chi connectivity index (χ4n) is 1.69. The van der Waals surface area contributed by atoms with Crippen LogP contribution in [0.25, 0.3) is 0 Å². The van der Waals surface area contributed by atoms with E-state index >= 15 is 0 Å². The van der Waals surface area contributed by atoms with E-state index in [0.29, 0.717) is 13.1 Å². The van der Waals surface area contributed by atoms with Crippen LogP contribution in [0.15, 0.2) is 30.3 Å². The van der Waals surface area contributed by atoms with E-state index in [-0.39, 0.29) is 5.91 Å². The Morgan fingerprint density at radius 2 is 1.67 bits per heavy atom. The van der Waals surface area contributed by atoms with Crippen molar-refractivity contribution in [2.24, 2.45) is 5.84 Å². The van der Waals surface area contributed by atoms with Gasteiger partial charge in [-0.1, -0.05) is 18.2 Å². The Morgan fingerprint density at radius 1 is 1.07 bits per heavy atom. The average molecular weight is 205 g/mol. The minimum atomic E-state index is 0.101. The van der Waals surface area contributed by atoms with Crippen LogP contribution in [0, 0.1) is 0 Å². The molecule has 1 aliphatic rings. The molecule has 0 spiro atoms. The van der Waals surface area contributed by atoms with Gasteiger partial charge in [0.05, 0.1) is 0 Å². The third kappa shape index (κ3) is 2.34. The lowest BCUT2D eigenvalue weighted by atomic mass is 10.2. The summed E-state index contributed by atoms with van der Waals surface area (Å²) in [5.41, 5.74) is 0.753. The molecule has 1 aromatic carbocycles. The van der Waals surface area contributed by atoms with Gasteiger partial charge in [0, 0.05) is 31.7 Å². The fourth-order valence-corrected chi connectivity index (χ4v) is 1.69. The standard InChI is InChI=1S/C11H15N3O/c12-14-8-6-13(7-9-14)11(15)10-4-2-1-3-5-10/h1-5H,6-9,12H2. The Morgan fingerprint density at radius 3 is 2.27 bits per heavy atom. The Bertz CT molecular complexity index is 331. The summed E-state index contributed by atoms with van der Waals surface area (Å²) >= 11 is 0. The van der Waals surface area contributed by atoms with Gasteiger partial charge in [0.25, 0.3) is 5.91 Å². The molecule has 1 saturated heterocycles. The van der Waals surface area contributed by atoms with Crippen molar-refractivity contribution in [2.75, 3.05) is 26.2 Å². The first kappa shape index (κ1) is 10.1. The second kappa shape index (κ2) is 4.42. The highest BCUT2D eigenvalue weighted by Crippen LogP contribution is 2.06. The molecule has 1 heterocycles. The van der Waals surface area contributed by atoms with Crippen LogP contribution in [0.5, 0.6) is 0 Å². The normalized spacial score (nSPS) is 17.8. The maximum absolute atomic E-state index is 12.0. The van der Waals surface area contributed by atoms with E-state index in [1.54, 1.807) is 5.01 Å². The van der Waals surface area contributed by atoms with Gasteiger partial charge < -0.3 is 4.90 Å². The largest absolute Gasteiger partial charge is 0.336 e. The first-order valence-electron chi connectivity index (χ1n) is 5.11. The molecule has 4 nitrogen and oxygen atoms in total. The van der Waals surface area contributed by atoms with Crippen molar-refractivity contribution in [3.63, 3.8) is 0 Å². The summed E-state index contributed by atoms with van der Waals surface area (Å²) in [6, 6.07) is 9.36. The lowest BCUT2D eigenvalue weighted by molar-refractivity contribution is 0.0638. The van der Waals surface area contributed by atoms with Crippen LogP contribution in [0.1, 0.15) is 10.4 Å². The number of nitrogens with two attached hydrogens (primary N) is 1. The average Bonchev–Trinajstić information content (AvgIpc) is 2.30. The third-order valence-corrected chi connectivity index (χ3v) is 2.62. The predicted octanol–water partition coefficient (Wildman–Crippen LogP) is 0.318. The molecule has 1 aromatic rings. The monoisotopic (exact) mass is 205 g/mol. The van der Waals surface area contributed by atoms with Crippen LogP contribution >= 0.6 is 0 Å². The summed E-state index contributed by atoms with van der Waals surface area (Å²) in [6.45, 7) is 2.92. The molecule has 2 N–H and O–H groups in total. The quantitative estimate of drug-likeness (QED) is 0.672. The minimum absolute atomic E-state index is 0.101. The predicted molar refractivity (Wildman–Crippen MR) is 58.1 cm³/mol. The highest BCUT2D eigenvalue weighted by molar-refractivity contribution is 5.94. The van der Waals surface area contributed by atoms with E-state index in [4.69, 9.17) is 5.84 Å². The number of carbonyl (C=O) groups is 1. The molecule has 0 bridgehead atoms. The molecule has 1 fully saturated rings. The van der Waals surface area contributed by atoms with E-state index in [2.05, 4.69) is 0 Å². The van der Waals surface area contributed by atoms with Gasteiger partial charge in [-0.05, 0) is 12.1 Å². The number of hydrogen-bond donors (Lipinski definition) is 1.